The fraction of sp³-hybridized carbons (Fsp3) is 0.200. The molecule has 31 heavy (non-hydrogen) atoms. The van der Waals surface area contributed by atoms with E-state index in [-0.39, 0.29) is 11.9 Å². The van der Waals surface area contributed by atoms with E-state index < -0.39 is 0 Å². The molecule has 160 valence electrons. The fourth-order valence-electron chi connectivity index (χ4n) is 3.36. The molecule has 0 atom stereocenters. The summed E-state index contributed by atoms with van der Waals surface area (Å²) >= 11 is 6.34. The lowest BCUT2D eigenvalue weighted by molar-refractivity contribution is 0.0526. The van der Waals surface area contributed by atoms with Crippen molar-refractivity contribution in [2.75, 3.05) is 19.0 Å². The van der Waals surface area contributed by atoms with Crippen LogP contribution in [0.4, 0.5) is 5.69 Å². The van der Waals surface area contributed by atoms with Crippen LogP contribution in [0.2, 0.25) is 5.02 Å². The minimum atomic E-state index is -0.388. The zero-order chi connectivity index (χ0) is 22.5. The lowest BCUT2D eigenvalue weighted by Crippen LogP contribution is -2.15. The van der Waals surface area contributed by atoms with Crippen molar-refractivity contribution >= 4 is 29.2 Å². The Labute approximate surface area is 187 Å². The van der Waals surface area contributed by atoms with Gasteiger partial charge >= 0.3 is 5.97 Å². The number of carbonyl (C=O) groups is 2. The van der Waals surface area contributed by atoms with Crippen molar-refractivity contribution in [1.29, 1.82) is 0 Å². The van der Waals surface area contributed by atoms with Gasteiger partial charge in [0, 0.05) is 5.69 Å². The smallest absolute Gasteiger partial charge is 0.338 e. The zero-order valence-corrected chi connectivity index (χ0v) is 18.7. The molecule has 0 bridgehead atoms. The number of benzene rings is 3. The maximum absolute atomic E-state index is 13.1. The number of hydrogen-bond acceptors (Lipinski definition) is 4. The highest BCUT2D eigenvalue weighted by atomic mass is 35.5. The number of esters is 1. The summed E-state index contributed by atoms with van der Waals surface area (Å²) in [7, 11) is 1.61. The molecule has 0 unspecified atom stereocenters. The van der Waals surface area contributed by atoms with Crippen LogP contribution < -0.4 is 10.1 Å². The van der Waals surface area contributed by atoms with Gasteiger partial charge in [0.2, 0.25) is 0 Å². The summed E-state index contributed by atoms with van der Waals surface area (Å²) in [6.07, 6.45) is 0. The van der Waals surface area contributed by atoms with E-state index in [0.717, 1.165) is 28.0 Å². The molecular weight excluding hydrogens is 414 g/mol. The highest BCUT2D eigenvalue weighted by Crippen LogP contribution is 2.29. The average Bonchev–Trinajstić information content (AvgIpc) is 2.76. The molecule has 0 aliphatic rings. The van der Waals surface area contributed by atoms with Gasteiger partial charge in [0.15, 0.2) is 0 Å². The third kappa shape index (κ3) is 5.06. The molecule has 0 aromatic heterocycles. The van der Waals surface area contributed by atoms with Crippen LogP contribution in [0.5, 0.6) is 5.75 Å². The number of amides is 1. The van der Waals surface area contributed by atoms with E-state index in [1.807, 2.05) is 44.2 Å². The highest BCUT2D eigenvalue weighted by Gasteiger charge is 2.17. The van der Waals surface area contributed by atoms with Crippen LogP contribution in [0.25, 0.3) is 11.1 Å². The van der Waals surface area contributed by atoms with Crippen molar-refractivity contribution in [3.63, 3.8) is 0 Å². The second-order valence-electron chi connectivity index (χ2n) is 7.09. The van der Waals surface area contributed by atoms with Crippen molar-refractivity contribution in [3.05, 3.63) is 81.9 Å². The molecule has 0 aliphatic heterocycles. The Bertz CT molecular complexity index is 1120. The molecule has 0 fully saturated rings. The maximum atomic E-state index is 13.1. The topological polar surface area (TPSA) is 64.6 Å². The minimum Gasteiger partial charge on any atom is -0.497 e. The second-order valence-corrected chi connectivity index (χ2v) is 7.49. The molecule has 3 aromatic rings. The van der Waals surface area contributed by atoms with Crippen molar-refractivity contribution in [1.82, 2.24) is 0 Å². The van der Waals surface area contributed by atoms with Gasteiger partial charge in [0.05, 0.1) is 29.9 Å². The van der Waals surface area contributed by atoms with Gasteiger partial charge in [-0.25, -0.2) is 4.79 Å². The van der Waals surface area contributed by atoms with Crippen LogP contribution >= 0.6 is 11.6 Å². The van der Waals surface area contributed by atoms with Crippen molar-refractivity contribution in [3.8, 4) is 16.9 Å². The van der Waals surface area contributed by atoms with Crippen molar-refractivity contribution in [2.45, 2.75) is 20.8 Å². The highest BCUT2D eigenvalue weighted by molar-refractivity contribution is 6.34. The van der Waals surface area contributed by atoms with Crippen LogP contribution in [0.3, 0.4) is 0 Å². The number of halogens is 1. The van der Waals surface area contributed by atoms with Gasteiger partial charge < -0.3 is 14.8 Å². The Morgan fingerprint density at radius 1 is 0.968 bits per heavy atom. The molecule has 0 radical (unpaired) electrons. The Balaban J connectivity index is 1.91. The molecule has 0 saturated carbocycles. The van der Waals surface area contributed by atoms with E-state index in [2.05, 4.69) is 5.32 Å². The molecule has 1 amide bonds. The number of methoxy groups -OCH3 is 1. The number of anilines is 1. The zero-order valence-electron chi connectivity index (χ0n) is 17.9. The molecule has 3 aromatic carbocycles. The van der Waals surface area contributed by atoms with Crippen LogP contribution in [0.15, 0.2) is 54.6 Å². The molecule has 6 heteroatoms. The fourth-order valence-corrected chi connectivity index (χ4v) is 3.56. The summed E-state index contributed by atoms with van der Waals surface area (Å²) < 4.78 is 10.3. The summed E-state index contributed by atoms with van der Waals surface area (Å²) in [5, 5.41) is 3.28. The molecular formula is C25H24ClNO4. The monoisotopic (exact) mass is 437 g/mol. The largest absolute Gasteiger partial charge is 0.497 e. The summed E-state index contributed by atoms with van der Waals surface area (Å²) in [5.74, 6) is 0.0110. The summed E-state index contributed by atoms with van der Waals surface area (Å²) in [4.78, 5) is 25.1. The number of hydrogen-bond donors (Lipinski definition) is 1. The van der Waals surface area contributed by atoms with Gasteiger partial charge in [-0.15, -0.1) is 0 Å². The first-order chi connectivity index (χ1) is 14.8. The Morgan fingerprint density at radius 2 is 1.65 bits per heavy atom. The lowest BCUT2D eigenvalue weighted by atomic mass is 10.0. The summed E-state index contributed by atoms with van der Waals surface area (Å²) in [5.41, 5.74) is 4.73. The summed E-state index contributed by atoms with van der Waals surface area (Å²) in [6, 6.07) is 16.3. The number of carbonyl (C=O) groups excluding carboxylic acids is 2. The third-order valence-electron chi connectivity index (χ3n) is 4.90. The van der Waals surface area contributed by atoms with Crippen molar-refractivity contribution < 1.29 is 19.1 Å². The Morgan fingerprint density at radius 3 is 2.29 bits per heavy atom. The maximum Gasteiger partial charge on any atom is 0.338 e. The van der Waals surface area contributed by atoms with Gasteiger partial charge in [-0.05, 0) is 79.4 Å². The number of rotatable bonds is 6. The predicted molar refractivity (Wildman–Crippen MR) is 123 cm³/mol. The predicted octanol–water partition coefficient (Wildman–Crippen LogP) is 6.06. The second kappa shape index (κ2) is 9.67. The first kappa shape index (κ1) is 22.4. The van der Waals surface area contributed by atoms with E-state index >= 15 is 0 Å². The SMILES string of the molecule is CCOC(=O)c1cc(C)c(NC(=O)c2cc(-c3cccc(OC)c3)ccc2Cl)c(C)c1. The van der Waals surface area contributed by atoms with E-state index in [9.17, 15) is 9.59 Å². The summed E-state index contributed by atoms with van der Waals surface area (Å²) in [6.45, 7) is 5.73. The van der Waals surface area contributed by atoms with Gasteiger partial charge in [0.25, 0.3) is 5.91 Å². The van der Waals surface area contributed by atoms with Gasteiger partial charge in [-0.1, -0.05) is 29.8 Å². The lowest BCUT2D eigenvalue weighted by Gasteiger charge is -2.15. The van der Waals surface area contributed by atoms with Crippen molar-refractivity contribution in [2.24, 2.45) is 0 Å². The molecule has 0 saturated heterocycles. The first-order valence-corrected chi connectivity index (χ1v) is 10.3. The number of aryl methyl sites for hydroxylation is 2. The quantitative estimate of drug-likeness (QED) is 0.476. The van der Waals surface area contributed by atoms with E-state index in [4.69, 9.17) is 21.1 Å². The van der Waals surface area contributed by atoms with Crippen LogP contribution in [0, 0.1) is 13.8 Å². The van der Waals surface area contributed by atoms with E-state index in [1.54, 1.807) is 38.3 Å². The van der Waals surface area contributed by atoms with Gasteiger partial charge in [-0.3, -0.25) is 4.79 Å². The molecule has 0 heterocycles. The van der Waals surface area contributed by atoms with Crippen LogP contribution in [0.1, 0.15) is 38.8 Å². The van der Waals surface area contributed by atoms with Crippen LogP contribution in [-0.2, 0) is 4.74 Å². The number of ether oxygens (including phenoxy) is 2. The van der Waals surface area contributed by atoms with Gasteiger partial charge in [-0.2, -0.15) is 0 Å². The Hall–Kier alpha value is -3.31. The van der Waals surface area contributed by atoms with Crippen LogP contribution in [-0.4, -0.2) is 25.6 Å². The first-order valence-electron chi connectivity index (χ1n) is 9.87. The molecule has 3 rings (SSSR count). The molecule has 1 N–H and O–H groups in total. The van der Waals surface area contributed by atoms with Gasteiger partial charge in [0.1, 0.15) is 5.75 Å². The Kier molecular flexibility index (Phi) is 6.98. The molecule has 0 aliphatic carbocycles. The molecule has 5 nitrogen and oxygen atoms in total. The third-order valence-corrected chi connectivity index (χ3v) is 5.23. The minimum absolute atomic E-state index is 0.303. The van der Waals surface area contributed by atoms with E-state index in [0.29, 0.717) is 28.4 Å². The average molecular weight is 438 g/mol. The molecule has 0 spiro atoms. The normalized spacial score (nSPS) is 10.5. The van der Waals surface area contributed by atoms with E-state index in [1.165, 1.54) is 0 Å². The number of nitrogens with one attached hydrogen (secondary N) is 1. The standard InChI is InChI=1S/C25H24ClNO4/c1-5-31-25(29)19-11-15(2)23(16(3)12-19)27-24(28)21-14-18(9-10-22(21)26)17-7-6-8-20(13-17)30-4/h6-14H,5H2,1-4H3,(H,27,28).